The van der Waals surface area contributed by atoms with Crippen molar-refractivity contribution in [2.24, 2.45) is 5.92 Å². The van der Waals surface area contributed by atoms with Gasteiger partial charge in [-0.05, 0) is 89.6 Å². The summed E-state index contributed by atoms with van der Waals surface area (Å²) < 4.78 is 11.7. The first kappa shape index (κ1) is 24.8. The minimum atomic E-state index is -0.558. The van der Waals surface area contributed by atoms with Crippen LogP contribution in [0.3, 0.4) is 0 Å². The van der Waals surface area contributed by atoms with Gasteiger partial charge in [-0.25, -0.2) is 14.8 Å². The summed E-state index contributed by atoms with van der Waals surface area (Å²) in [6, 6.07) is 8.46. The summed E-state index contributed by atoms with van der Waals surface area (Å²) in [6.07, 6.45) is 4.47. The normalized spacial score (nSPS) is 15.6. The molecular formula is C26H38N4O3. The van der Waals surface area contributed by atoms with E-state index in [1.807, 2.05) is 52.8 Å². The summed E-state index contributed by atoms with van der Waals surface area (Å²) in [4.78, 5) is 21.4. The number of hydrogen-bond donors (Lipinski definition) is 2. The van der Waals surface area contributed by atoms with Crippen molar-refractivity contribution in [2.45, 2.75) is 84.9 Å². The zero-order valence-corrected chi connectivity index (χ0v) is 21.0. The number of rotatable bonds is 9. The highest BCUT2D eigenvalue weighted by Gasteiger charge is 2.31. The number of aromatic nitrogens is 2. The Hall–Kier alpha value is -2.83. The molecule has 1 heterocycles. The number of carbonyl (C=O) groups is 1. The molecule has 1 aliphatic rings. The summed E-state index contributed by atoms with van der Waals surface area (Å²) in [5.74, 6) is 1.84. The van der Waals surface area contributed by atoms with E-state index in [0.717, 1.165) is 29.0 Å². The number of carbonyl (C=O) groups excluding carboxylic acids is 1. The molecule has 1 unspecified atom stereocenters. The third kappa shape index (κ3) is 7.91. The molecule has 1 aromatic carbocycles. The minimum Gasteiger partial charge on any atom is -0.491 e. The van der Waals surface area contributed by atoms with Crippen LogP contribution in [0.1, 0.15) is 66.4 Å². The Balaban J connectivity index is 1.69. The number of hydrogen-bond acceptors (Lipinski definition) is 6. The van der Waals surface area contributed by atoms with Crippen LogP contribution in [-0.4, -0.2) is 39.8 Å². The zero-order chi connectivity index (χ0) is 24.2. The Labute approximate surface area is 197 Å². The molecule has 2 N–H and O–H groups in total. The van der Waals surface area contributed by atoms with E-state index in [0.29, 0.717) is 24.5 Å². The van der Waals surface area contributed by atoms with E-state index >= 15 is 0 Å². The number of alkyl carbamates (subject to hydrolysis) is 1. The van der Waals surface area contributed by atoms with Crippen molar-refractivity contribution in [1.29, 1.82) is 0 Å². The first-order valence-electron chi connectivity index (χ1n) is 11.8. The molecule has 0 spiro atoms. The van der Waals surface area contributed by atoms with Crippen molar-refractivity contribution in [2.75, 3.05) is 11.9 Å². The maximum atomic E-state index is 12.4. The van der Waals surface area contributed by atoms with Crippen LogP contribution in [0, 0.1) is 12.8 Å². The topological polar surface area (TPSA) is 85.4 Å². The number of ether oxygens (including phenoxy) is 2. The van der Waals surface area contributed by atoms with Gasteiger partial charge in [0.15, 0.2) is 0 Å². The van der Waals surface area contributed by atoms with Gasteiger partial charge in [-0.2, -0.15) is 0 Å². The van der Waals surface area contributed by atoms with Crippen LogP contribution in [0.5, 0.6) is 5.75 Å². The fourth-order valence-corrected chi connectivity index (χ4v) is 3.80. The fraction of sp³-hybridized carbons (Fsp3) is 0.577. The molecule has 33 heavy (non-hydrogen) atoms. The lowest BCUT2D eigenvalue weighted by Gasteiger charge is -2.33. The van der Waals surface area contributed by atoms with Gasteiger partial charge in [0.1, 0.15) is 18.0 Å². The van der Waals surface area contributed by atoms with Crippen LogP contribution in [0.4, 0.5) is 10.7 Å². The van der Waals surface area contributed by atoms with E-state index in [4.69, 9.17) is 9.47 Å². The van der Waals surface area contributed by atoms with Gasteiger partial charge in [-0.15, -0.1) is 0 Å². The molecule has 1 atom stereocenters. The minimum absolute atomic E-state index is 0.341. The smallest absolute Gasteiger partial charge is 0.408 e. The molecule has 180 valence electrons. The number of anilines is 1. The lowest BCUT2D eigenvalue weighted by atomic mass is 9.91. The molecule has 3 rings (SSSR count). The van der Waals surface area contributed by atoms with Crippen LogP contribution in [0.15, 0.2) is 30.5 Å². The molecule has 1 aliphatic carbocycles. The Morgan fingerprint density at radius 1 is 1.18 bits per heavy atom. The second kappa shape index (κ2) is 9.98. The zero-order valence-electron chi connectivity index (χ0n) is 21.0. The lowest BCUT2D eigenvalue weighted by Crippen LogP contribution is -2.52. The molecule has 0 saturated heterocycles. The van der Waals surface area contributed by atoms with E-state index in [1.54, 1.807) is 6.20 Å². The molecule has 7 heteroatoms. The van der Waals surface area contributed by atoms with Crippen LogP contribution >= 0.6 is 0 Å². The Morgan fingerprint density at radius 3 is 2.52 bits per heavy atom. The van der Waals surface area contributed by atoms with Crippen molar-refractivity contribution in [3.8, 4) is 17.0 Å². The first-order chi connectivity index (χ1) is 15.4. The number of nitrogens with zero attached hydrogens (tertiary/aromatic N) is 2. The summed E-state index contributed by atoms with van der Waals surface area (Å²) >= 11 is 0. The average Bonchev–Trinajstić information content (AvgIpc) is 3.49. The van der Waals surface area contributed by atoms with Gasteiger partial charge in [0.05, 0.1) is 11.2 Å². The van der Waals surface area contributed by atoms with Crippen molar-refractivity contribution in [1.82, 2.24) is 15.3 Å². The molecule has 7 nitrogen and oxygen atoms in total. The van der Waals surface area contributed by atoms with Gasteiger partial charge < -0.3 is 20.1 Å². The Bertz CT molecular complexity index is 966. The predicted molar refractivity (Wildman–Crippen MR) is 132 cm³/mol. The molecule has 0 radical (unpaired) electrons. The Kier molecular flexibility index (Phi) is 7.50. The van der Waals surface area contributed by atoms with Crippen molar-refractivity contribution < 1.29 is 14.3 Å². The number of benzene rings is 1. The number of nitrogens with one attached hydrogen (secondary N) is 2. The molecule has 2 aromatic rings. The van der Waals surface area contributed by atoms with Gasteiger partial charge in [0.25, 0.3) is 0 Å². The van der Waals surface area contributed by atoms with Crippen molar-refractivity contribution >= 4 is 12.0 Å². The van der Waals surface area contributed by atoms with Gasteiger partial charge in [-0.3, -0.25) is 0 Å². The third-order valence-corrected chi connectivity index (χ3v) is 5.24. The van der Waals surface area contributed by atoms with Crippen LogP contribution in [0.25, 0.3) is 11.3 Å². The highest BCUT2D eigenvalue weighted by molar-refractivity contribution is 5.68. The van der Waals surface area contributed by atoms with Gasteiger partial charge in [0.2, 0.25) is 5.95 Å². The van der Waals surface area contributed by atoms with Crippen LogP contribution < -0.4 is 15.4 Å². The van der Waals surface area contributed by atoms with Gasteiger partial charge in [-0.1, -0.05) is 13.8 Å². The Morgan fingerprint density at radius 2 is 1.91 bits per heavy atom. The van der Waals surface area contributed by atoms with E-state index < -0.39 is 17.2 Å². The summed E-state index contributed by atoms with van der Waals surface area (Å²) in [5.41, 5.74) is 1.78. The van der Waals surface area contributed by atoms with E-state index in [2.05, 4.69) is 40.5 Å². The predicted octanol–water partition coefficient (Wildman–Crippen LogP) is 5.73. The first-order valence-corrected chi connectivity index (χ1v) is 11.8. The molecule has 0 aliphatic heterocycles. The van der Waals surface area contributed by atoms with E-state index in [-0.39, 0.29) is 0 Å². The van der Waals surface area contributed by atoms with Crippen molar-refractivity contribution in [3.05, 3.63) is 36.0 Å². The monoisotopic (exact) mass is 454 g/mol. The number of amides is 1. The summed E-state index contributed by atoms with van der Waals surface area (Å²) in [7, 11) is 0. The standard InChI is InChI=1S/C26H38N4O3/c1-17(2)15-26(7,30-24(31)33-25(4,5)6)16-32-22-11-8-19(14-18(22)3)21-12-13-27-23(29-21)28-20-9-10-20/h8,11-14,17,20H,9-10,15-16H2,1-7H3,(H,30,31)(H,27,28,29). The fourth-order valence-electron chi connectivity index (χ4n) is 3.80. The largest absolute Gasteiger partial charge is 0.491 e. The van der Waals surface area contributed by atoms with Crippen LogP contribution in [0.2, 0.25) is 0 Å². The third-order valence-electron chi connectivity index (χ3n) is 5.24. The SMILES string of the molecule is Cc1cc(-c2ccnc(NC3CC3)n2)ccc1OCC(C)(CC(C)C)NC(=O)OC(C)(C)C. The number of aryl methyl sites for hydroxylation is 1. The van der Waals surface area contributed by atoms with E-state index in [9.17, 15) is 4.79 Å². The van der Waals surface area contributed by atoms with E-state index in [1.165, 1.54) is 12.8 Å². The molecule has 1 fully saturated rings. The average molecular weight is 455 g/mol. The molecular weight excluding hydrogens is 416 g/mol. The quantitative estimate of drug-likeness (QED) is 0.503. The van der Waals surface area contributed by atoms with Crippen LogP contribution in [-0.2, 0) is 4.74 Å². The van der Waals surface area contributed by atoms with Gasteiger partial charge in [0, 0.05) is 17.8 Å². The molecule has 1 saturated carbocycles. The maximum Gasteiger partial charge on any atom is 0.408 e. The highest BCUT2D eigenvalue weighted by Crippen LogP contribution is 2.28. The second-order valence-corrected chi connectivity index (χ2v) is 10.7. The lowest BCUT2D eigenvalue weighted by molar-refractivity contribution is 0.0408. The summed E-state index contributed by atoms with van der Waals surface area (Å²) in [6.45, 7) is 14.2. The highest BCUT2D eigenvalue weighted by atomic mass is 16.6. The van der Waals surface area contributed by atoms with Gasteiger partial charge >= 0.3 is 6.09 Å². The second-order valence-electron chi connectivity index (χ2n) is 10.7. The molecule has 0 bridgehead atoms. The molecule has 1 aromatic heterocycles. The maximum absolute atomic E-state index is 12.4. The van der Waals surface area contributed by atoms with Crippen molar-refractivity contribution in [3.63, 3.8) is 0 Å². The molecule has 1 amide bonds. The summed E-state index contributed by atoms with van der Waals surface area (Å²) in [5, 5.41) is 6.37.